The zero-order valence-corrected chi connectivity index (χ0v) is 15.4. The Morgan fingerprint density at radius 2 is 0.933 bits per heavy atom. The molecular formula is C10H14Br4O. The highest BCUT2D eigenvalue weighted by Gasteiger charge is 2.77. The summed E-state index contributed by atoms with van der Waals surface area (Å²) in [5, 5.41) is 0. The minimum absolute atomic E-state index is 0.0677. The molecule has 0 aromatic heterocycles. The molecule has 0 aliphatic heterocycles. The predicted octanol–water partition coefficient (Wildman–Crippen LogP) is 4.79. The van der Waals surface area contributed by atoms with Crippen molar-refractivity contribution in [1.82, 2.24) is 0 Å². The predicted molar refractivity (Wildman–Crippen MR) is 77.4 cm³/mol. The molecule has 1 nitrogen and oxygen atoms in total. The summed E-state index contributed by atoms with van der Waals surface area (Å²) in [6, 6.07) is 0. The van der Waals surface area contributed by atoms with Crippen molar-refractivity contribution in [2.75, 3.05) is 0 Å². The van der Waals surface area contributed by atoms with Gasteiger partial charge in [-0.05, 0) is 0 Å². The van der Waals surface area contributed by atoms with Crippen molar-refractivity contribution in [1.29, 1.82) is 0 Å². The number of rotatable bonds is 2. The highest BCUT2D eigenvalue weighted by molar-refractivity contribution is 9.26. The molecule has 0 radical (unpaired) electrons. The molecule has 0 saturated heterocycles. The normalized spacial score (nSPS) is 42.4. The van der Waals surface area contributed by atoms with Gasteiger partial charge in [-0.2, -0.15) is 0 Å². The molecule has 88 valence electrons. The van der Waals surface area contributed by atoms with E-state index in [1.807, 2.05) is 0 Å². The molecule has 0 spiro atoms. The maximum absolute atomic E-state index is 6.15. The second-order valence-electron chi connectivity index (χ2n) is 5.59. The van der Waals surface area contributed by atoms with Gasteiger partial charge in [0.05, 0.1) is 12.2 Å². The molecule has 2 aliphatic carbocycles. The molecule has 0 aromatic rings. The summed E-state index contributed by atoms with van der Waals surface area (Å²) in [6.45, 7) is 8.78. The fourth-order valence-electron chi connectivity index (χ4n) is 1.87. The van der Waals surface area contributed by atoms with E-state index in [1.54, 1.807) is 0 Å². The highest BCUT2D eigenvalue weighted by Crippen LogP contribution is 2.73. The molecule has 2 atom stereocenters. The summed E-state index contributed by atoms with van der Waals surface area (Å²) < 4.78 is 6.01. The van der Waals surface area contributed by atoms with E-state index < -0.39 is 0 Å². The van der Waals surface area contributed by atoms with Gasteiger partial charge >= 0.3 is 0 Å². The summed E-state index contributed by atoms with van der Waals surface area (Å²) in [7, 11) is 0. The molecule has 5 heteroatoms. The molecular weight excluding hydrogens is 456 g/mol. The smallest absolute Gasteiger partial charge is 0.115 e. The van der Waals surface area contributed by atoms with Crippen molar-refractivity contribution in [3.63, 3.8) is 0 Å². The van der Waals surface area contributed by atoms with Crippen molar-refractivity contribution in [3.05, 3.63) is 0 Å². The van der Waals surface area contributed by atoms with E-state index in [1.165, 1.54) is 0 Å². The van der Waals surface area contributed by atoms with Crippen LogP contribution in [0, 0.1) is 10.8 Å². The van der Waals surface area contributed by atoms with Gasteiger partial charge in [-0.3, -0.25) is 0 Å². The number of alkyl halides is 4. The molecule has 2 unspecified atom stereocenters. The molecule has 0 N–H and O–H groups in total. The van der Waals surface area contributed by atoms with Crippen LogP contribution in [-0.2, 0) is 4.74 Å². The van der Waals surface area contributed by atoms with E-state index in [-0.39, 0.29) is 29.5 Å². The highest BCUT2D eigenvalue weighted by atomic mass is 79.9. The van der Waals surface area contributed by atoms with E-state index in [4.69, 9.17) is 4.74 Å². The lowest BCUT2D eigenvalue weighted by atomic mass is 10.2. The molecule has 2 saturated carbocycles. The Labute approximate surface area is 125 Å². The van der Waals surface area contributed by atoms with Crippen molar-refractivity contribution in [2.45, 2.75) is 46.4 Å². The Kier molecular flexibility index (Phi) is 2.89. The lowest BCUT2D eigenvalue weighted by Gasteiger charge is -2.05. The third-order valence-electron chi connectivity index (χ3n) is 3.79. The largest absolute Gasteiger partial charge is 0.369 e. The van der Waals surface area contributed by atoms with Crippen molar-refractivity contribution >= 4 is 63.7 Å². The average Bonchev–Trinajstić information content (AvgIpc) is 2.55. The fourth-order valence-corrected chi connectivity index (χ4v) is 4.97. The van der Waals surface area contributed by atoms with E-state index in [0.717, 1.165) is 0 Å². The van der Waals surface area contributed by atoms with E-state index in [9.17, 15) is 0 Å². The van der Waals surface area contributed by atoms with Gasteiger partial charge in [0, 0.05) is 10.8 Å². The first kappa shape index (κ1) is 13.3. The standard InChI is InChI=1S/C10H14Br4O/c1-7(2)5(9(7,11)12)15-6-8(3,4)10(6,13)14/h5-6H,1-4H3. The van der Waals surface area contributed by atoms with Gasteiger partial charge in [-0.1, -0.05) is 91.4 Å². The minimum atomic E-state index is -0.0677. The number of halogens is 4. The van der Waals surface area contributed by atoms with Crippen molar-refractivity contribution in [2.24, 2.45) is 10.8 Å². The van der Waals surface area contributed by atoms with Gasteiger partial charge in [-0.25, -0.2) is 0 Å². The summed E-state index contributed by atoms with van der Waals surface area (Å²) >= 11 is 14.7. The molecule has 15 heavy (non-hydrogen) atoms. The van der Waals surface area contributed by atoms with Crippen LogP contribution in [0.3, 0.4) is 0 Å². The molecule has 2 fully saturated rings. The average molecular weight is 470 g/mol. The molecule has 0 aromatic carbocycles. The number of hydrogen-bond acceptors (Lipinski definition) is 1. The van der Waals surface area contributed by atoms with Gasteiger partial charge < -0.3 is 4.74 Å². The van der Waals surface area contributed by atoms with E-state index >= 15 is 0 Å². The molecule has 2 aliphatic rings. The Bertz CT molecular complexity index is 251. The van der Waals surface area contributed by atoms with Gasteiger partial charge in [0.25, 0.3) is 0 Å². The van der Waals surface area contributed by atoms with Crippen LogP contribution < -0.4 is 0 Å². The number of hydrogen-bond donors (Lipinski definition) is 0. The van der Waals surface area contributed by atoms with Crippen molar-refractivity contribution in [3.8, 4) is 0 Å². The topological polar surface area (TPSA) is 9.23 Å². The van der Waals surface area contributed by atoms with Crippen LogP contribution in [0.2, 0.25) is 0 Å². The first-order chi connectivity index (χ1) is 6.47. The van der Waals surface area contributed by atoms with Gasteiger partial charge in [0.2, 0.25) is 0 Å². The first-order valence-corrected chi connectivity index (χ1v) is 8.05. The molecule has 2 rings (SSSR count). The Balaban J connectivity index is 2.04. The van der Waals surface area contributed by atoms with Crippen LogP contribution >= 0.6 is 63.7 Å². The van der Waals surface area contributed by atoms with Crippen LogP contribution in [-0.4, -0.2) is 18.7 Å². The summed E-state index contributed by atoms with van der Waals surface area (Å²) in [5.41, 5.74) is 0.281. The van der Waals surface area contributed by atoms with E-state index in [2.05, 4.69) is 91.4 Å². The Hall–Kier alpha value is 1.88. The minimum Gasteiger partial charge on any atom is -0.369 e. The Morgan fingerprint density at radius 1 is 0.733 bits per heavy atom. The summed E-state index contributed by atoms with van der Waals surface area (Å²) in [6.07, 6.45) is 0.428. The van der Waals surface area contributed by atoms with Gasteiger partial charge in [-0.15, -0.1) is 0 Å². The second kappa shape index (κ2) is 3.25. The summed E-state index contributed by atoms with van der Waals surface area (Å²) in [4.78, 5) is 0. The summed E-state index contributed by atoms with van der Waals surface area (Å²) in [5.74, 6) is 0. The van der Waals surface area contributed by atoms with Gasteiger partial charge in [0.15, 0.2) is 0 Å². The zero-order chi connectivity index (χ0) is 11.9. The quantitative estimate of drug-likeness (QED) is 0.528. The van der Waals surface area contributed by atoms with Crippen LogP contribution in [0.5, 0.6) is 0 Å². The maximum atomic E-state index is 6.15. The third kappa shape index (κ3) is 1.59. The molecule has 0 amide bonds. The fraction of sp³-hybridized carbons (Fsp3) is 1.00. The Morgan fingerprint density at radius 3 is 1.07 bits per heavy atom. The lowest BCUT2D eigenvalue weighted by Crippen LogP contribution is -2.10. The second-order valence-corrected chi connectivity index (χ2v) is 12.7. The van der Waals surface area contributed by atoms with Crippen LogP contribution in [0.1, 0.15) is 27.7 Å². The first-order valence-electron chi connectivity index (χ1n) is 4.88. The van der Waals surface area contributed by atoms with E-state index in [0.29, 0.717) is 0 Å². The van der Waals surface area contributed by atoms with Crippen LogP contribution in [0.4, 0.5) is 0 Å². The molecule has 0 heterocycles. The van der Waals surface area contributed by atoms with Crippen molar-refractivity contribution < 1.29 is 4.74 Å². The lowest BCUT2D eigenvalue weighted by molar-refractivity contribution is 0.0625. The SMILES string of the molecule is CC1(C)C(OC2C(C)(C)C2(Br)Br)C1(Br)Br. The monoisotopic (exact) mass is 466 g/mol. The van der Waals surface area contributed by atoms with Crippen LogP contribution in [0.15, 0.2) is 0 Å². The zero-order valence-electron chi connectivity index (χ0n) is 9.07. The third-order valence-corrected chi connectivity index (χ3v) is 9.54. The number of ether oxygens (including phenoxy) is 1. The maximum Gasteiger partial charge on any atom is 0.115 e. The van der Waals surface area contributed by atoms with Crippen LogP contribution in [0.25, 0.3) is 0 Å². The van der Waals surface area contributed by atoms with Gasteiger partial charge in [0.1, 0.15) is 6.47 Å². The molecule has 0 bridgehead atoms.